The van der Waals surface area contributed by atoms with Crippen LogP contribution in [0.3, 0.4) is 0 Å². The Morgan fingerprint density at radius 1 is 0.967 bits per heavy atom. The molecule has 150 valence electrons. The van der Waals surface area contributed by atoms with Crippen molar-refractivity contribution in [3.8, 4) is 11.3 Å². The van der Waals surface area contributed by atoms with Gasteiger partial charge in [0.1, 0.15) is 0 Å². The molecule has 0 N–H and O–H groups in total. The molecule has 6 nitrogen and oxygen atoms in total. The SMILES string of the molecule is O=C(c1ccncc1)c1cc(Cl)ccc1CS(=O)(=O)c1ccc(-c2cnco2)cc1. The van der Waals surface area contributed by atoms with E-state index in [9.17, 15) is 13.2 Å². The van der Waals surface area contributed by atoms with Gasteiger partial charge in [0.15, 0.2) is 27.8 Å². The number of benzene rings is 2. The summed E-state index contributed by atoms with van der Waals surface area (Å²) in [4.78, 5) is 20.8. The van der Waals surface area contributed by atoms with Gasteiger partial charge < -0.3 is 4.42 Å². The van der Waals surface area contributed by atoms with Crippen LogP contribution >= 0.6 is 11.6 Å². The van der Waals surface area contributed by atoms with E-state index in [1.807, 2.05) is 0 Å². The summed E-state index contributed by atoms with van der Waals surface area (Å²) in [5.41, 5.74) is 1.74. The number of aromatic nitrogens is 2. The van der Waals surface area contributed by atoms with Crippen LogP contribution in [-0.4, -0.2) is 24.2 Å². The Bertz CT molecular complexity index is 1290. The van der Waals surface area contributed by atoms with E-state index in [1.165, 1.54) is 37.0 Å². The molecule has 2 aromatic carbocycles. The second kappa shape index (κ2) is 8.22. The Morgan fingerprint density at radius 2 is 1.70 bits per heavy atom. The highest BCUT2D eigenvalue weighted by molar-refractivity contribution is 7.90. The zero-order valence-electron chi connectivity index (χ0n) is 15.5. The molecule has 0 saturated heterocycles. The van der Waals surface area contributed by atoms with Crippen LogP contribution in [-0.2, 0) is 15.6 Å². The second-order valence-corrected chi connectivity index (χ2v) is 8.94. The highest BCUT2D eigenvalue weighted by Gasteiger charge is 2.21. The van der Waals surface area contributed by atoms with E-state index in [0.717, 1.165) is 0 Å². The standard InChI is InChI=1S/C22H15ClN2O4S/c23-18-4-1-17(20(11-18)22(26)16-7-9-24-10-8-16)13-30(27,28)19-5-2-15(3-6-19)21-12-25-14-29-21/h1-12,14H,13H2. The van der Waals surface area contributed by atoms with E-state index in [1.54, 1.807) is 42.6 Å². The Labute approximate surface area is 178 Å². The molecule has 4 rings (SSSR count). The van der Waals surface area contributed by atoms with Crippen molar-refractivity contribution in [2.45, 2.75) is 10.6 Å². The fourth-order valence-electron chi connectivity index (χ4n) is 3.02. The van der Waals surface area contributed by atoms with Crippen LogP contribution < -0.4 is 0 Å². The van der Waals surface area contributed by atoms with Crippen molar-refractivity contribution in [3.05, 3.63) is 101 Å². The van der Waals surface area contributed by atoms with Crippen LogP contribution in [0.4, 0.5) is 0 Å². The van der Waals surface area contributed by atoms with Crippen molar-refractivity contribution < 1.29 is 17.6 Å². The highest BCUT2D eigenvalue weighted by Crippen LogP contribution is 2.26. The summed E-state index contributed by atoms with van der Waals surface area (Å²) in [6.07, 6.45) is 5.87. The zero-order chi connectivity index (χ0) is 21.1. The monoisotopic (exact) mass is 438 g/mol. The van der Waals surface area contributed by atoms with Crippen molar-refractivity contribution in [3.63, 3.8) is 0 Å². The lowest BCUT2D eigenvalue weighted by atomic mass is 10.00. The van der Waals surface area contributed by atoms with E-state index in [2.05, 4.69) is 9.97 Å². The molecule has 2 heterocycles. The molecule has 0 unspecified atom stereocenters. The molecule has 4 aromatic rings. The Morgan fingerprint density at radius 3 is 2.37 bits per heavy atom. The fourth-order valence-corrected chi connectivity index (χ4v) is 4.57. The third-order valence-corrected chi connectivity index (χ3v) is 6.45. The minimum atomic E-state index is -3.70. The predicted molar refractivity (Wildman–Crippen MR) is 112 cm³/mol. The van der Waals surface area contributed by atoms with Gasteiger partial charge >= 0.3 is 0 Å². The quantitative estimate of drug-likeness (QED) is 0.409. The average molecular weight is 439 g/mol. The van der Waals surface area contributed by atoms with Crippen molar-refractivity contribution in [2.75, 3.05) is 0 Å². The summed E-state index contributed by atoms with van der Waals surface area (Å²) in [6.45, 7) is 0. The molecule has 0 aliphatic carbocycles. The predicted octanol–water partition coefficient (Wildman–Crippen LogP) is 4.59. The van der Waals surface area contributed by atoms with Crippen LogP contribution in [0.5, 0.6) is 0 Å². The third-order valence-electron chi connectivity index (χ3n) is 4.53. The van der Waals surface area contributed by atoms with E-state index in [0.29, 0.717) is 27.5 Å². The Hall–Kier alpha value is -3.29. The summed E-state index contributed by atoms with van der Waals surface area (Å²) in [7, 11) is -3.70. The van der Waals surface area contributed by atoms with Gasteiger partial charge in [-0.2, -0.15) is 0 Å². The molecule has 8 heteroatoms. The number of oxazole rings is 1. The minimum absolute atomic E-state index is 0.142. The molecule has 0 atom stereocenters. The number of sulfone groups is 1. The lowest BCUT2D eigenvalue weighted by molar-refractivity contribution is 0.103. The lowest BCUT2D eigenvalue weighted by Gasteiger charge is -2.11. The van der Waals surface area contributed by atoms with Crippen molar-refractivity contribution >= 4 is 27.2 Å². The Balaban J connectivity index is 1.66. The van der Waals surface area contributed by atoms with Gasteiger partial charge in [-0.1, -0.05) is 17.7 Å². The molecule has 0 amide bonds. The van der Waals surface area contributed by atoms with E-state index < -0.39 is 9.84 Å². The van der Waals surface area contributed by atoms with Crippen molar-refractivity contribution in [1.82, 2.24) is 9.97 Å². The summed E-state index contributed by atoms with van der Waals surface area (Å²) in [6, 6.07) is 14.1. The van der Waals surface area contributed by atoms with Crippen LogP contribution in [0.1, 0.15) is 21.5 Å². The van der Waals surface area contributed by atoms with Crippen molar-refractivity contribution in [1.29, 1.82) is 0 Å². The molecule has 0 bridgehead atoms. The summed E-state index contributed by atoms with van der Waals surface area (Å²) >= 11 is 6.07. The molecule has 0 aliphatic heterocycles. The van der Waals surface area contributed by atoms with Gasteiger partial charge in [-0.15, -0.1) is 0 Å². The maximum absolute atomic E-state index is 13.0. The molecule has 30 heavy (non-hydrogen) atoms. The maximum Gasteiger partial charge on any atom is 0.193 e. The number of ketones is 1. The molecule has 0 aliphatic rings. The molecular formula is C22H15ClN2O4S. The normalized spacial score (nSPS) is 11.4. The van der Waals surface area contributed by atoms with Gasteiger partial charge in [-0.3, -0.25) is 9.78 Å². The lowest BCUT2D eigenvalue weighted by Crippen LogP contribution is -2.11. The smallest absolute Gasteiger partial charge is 0.193 e. The highest BCUT2D eigenvalue weighted by atomic mass is 35.5. The molecule has 2 aromatic heterocycles. The summed E-state index contributed by atoms with van der Waals surface area (Å²) < 4.78 is 31.2. The van der Waals surface area contributed by atoms with Crippen LogP contribution in [0.2, 0.25) is 5.02 Å². The first-order valence-corrected chi connectivity index (χ1v) is 10.9. The number of pyridine rings is 1. The molecule has 0 radical (unpaired) electrons. The number of halogens is 1. The third kappa shape index (κ3) is 4.17. The van der Waals surface area contributed by atoms with E-state index >= 15 is 0 Å². The van der Waals surface area contributed by atoms with Crippen LogP contribution in [0.15, 0.2) is 88.9 Å². The first-order chi connectivity index (χ1) is 14.4. The molecule has 0 spiro atoms. The van der Waals surface area contributed by atoms with E-state index in [4.69, 9.17) is 16.0 Å². The number of carbonyl (C=O) groups is 1. The Kier molecular flexibility index (Phi) is 5.48. The number of hydrogen-bond donors (Lipinski definition) is 0. The average Bonchev–Trinajstić information content (AvgIpc) is 3.30. The molecule has 0 fully saturated rings. The molecule has 0 saturated carbocycles. The van der Waals surface area contributed by atoms with Crippen molar-refractivity contribution in [2.24, 2.45) is 0 Å². The van der Waals surface area contributed by atoms with Gasteiger partial charge in [0, 0.05) is 34.1 Å². The second-order valence-electron chi connectivity index (χ2n) is 6.52. The minimum Gasteiger partial charge on any atom is -0.444 e. The fraction of sp³-hybridized carbons (Fsp3) is 0.0455. The topological polar surface area (TPSA) is 90.1 Å². The number of hydrogen-bond acceptors (Lipinski definition) is 6. The first kappa shape index (κ1) is 20.0. The zero-order valence-corrected chi connectivity index (χ0v) is 17.1. The summed E-state index contributed by atoms with van der Waals surface area (Å²) in [5, 5.41) is 0.352. The maximum atomic E-state index is 13.0. The molecular weight excluding hydrogens is 424 g/mol. The first-order valence-electron chi connectivity index (χ1n) is 8.89. The van der Waals surface area contributed by atoms with Gasteiger partial charge in [-0.25, -0.2) is 13.4 Å². The van der Waals surface area contributed by atoms with Gasteiger partial charge in [0.2, 0.25) is 0 Å². The van der Waals surface area contributed by atoms with Gasteiger partial charge in [-0.05, 0) is 54.1 Å². The number of nitrogens with zero attached hydrogens (tertiary/aromatic N) is 2. The van der Waals surface area contributed by atoms with Crippen LogP contribution in [0.25, 0.3) is 11.3 Å². The number of carbonyl (C=O) groups excluding carboxylic acids is 1. The van der Waals surface area contributed by atoms with Gasteiger partial charge in [0.05, 0.1) is 16.8 Å². The number of rotatable bonds is 6. The largest absolute Gasteiger partial charge is 0.444 e. The van der Waals surface area contributed by atoms with E-state index in [-0.39, 0.29) is 22.0 Å². The van der Waals surface area contributed by atoms with Gasteiger partial charge in [0.25, 0.3) is 0 Å². The summed E-state index contributed by atoms with van der Waals surface area (Å²) in [5.74, 6) is -0.106. The van der Waals surface area contributed by atoms with Crippen LogP contribution in [0, 0.1) is 0 Å².